The molecule has 10 heteroatoms. The molecule has 0 bridgehead atoms. The second kappa shape index (κ2) is 15.8. The summed E-state index contributed by atoms with van der Waals surface area (Å²) >= 11 is 6.68. The van der Waals surface area contributed by atoms with E-state index < -0.39 is 0 Å². The van der Waals surface area contributed by atoms with E-state index in [1.165, 1.54) is 17.8 Å². The van der Waals surface area contributed by atoms with Gasteiger partial charge in [0.25, 0.3) is 5.91 Å². The maximum Gasteiger partial charge on any atom is 0.252 e. The Hall–Kier alpha value is -1.95. The van der Waals surface area contributed by atoms with Crippen molar-refractivity contribution in [1.29, 1.82) is 0 Å². The molecular weight excluding hydrogens is 454 g/mol. The molecule has 0 atom stereocenters. The predicted octanol–water partition coefficient (Wildman–Crippen LogP) is 3.11. The van der Waals surface area contributed by atoms with Crippen molar-refractivity contribution in [2.45, 2.75) is 0 Å². The van der Waals surface area contributed by atoms with Gasteiger partial charge in [-0.1, -0.05) is 48.3 Å². The number of hydrogen-bond acceptors (Lipinski definition) is 9. The van der Waals surface area contributed by atoms with Gasteiger partial charge in [-0.05, 0) is 17.7 Å². The summed E-state index contributed by atoms with van der Waals surface area (Å²) in [5.74, 6) is 1.78. The van der Waals surface area contributed by atoms with Gasteiger partial charge in [-0.15, -0.1) is 0 Å². The fraction of sp³-hybridized carbons (Fsp3) is 0.455. The number of amides is 1. The van der Waals surface area contributed by atoms with Crippen molar-refractivity contribution >= 4 is 40.3 Å². The molecule has 0 spiro atoms. The van der Waals surface area contributed by atoms with E-state index in [1.807, 2.05) is 18.2 Å². The van der Waals surface area contributed by atoms with Gasteiger partial charge in [-0.3, -0.25) is 9.69 Å². The molecule has 32 heavy (non-hydrogen) atoms. The zero-order valence-corrected chi connectivity index (χ0v) is 20.0. The zero-order chi connectivity index (χ0) is 23.0. The molecular formula is C22H29NO7S2. The molecule has 0 aliphatic carbocycles. The van der Waals surface area contributed by atoms with Crippen molar-refractivity contribution in [3.05, 3.63) is 42.0 Å². The largest absolute Gasteiger partial charge is 0.464 e. The minimum atomic E-state index is -0.112. The summed E-state index contributed by atoms with van der Waals surface area (Å²) in [7, 11) is 3.22. The number of benzene rings is 1. The van der Waals surface area contributed by atoms with Crippen molar-refractivity contribution in [2.24, 2.45) is 0 Å². The highest BCUT2D eigenvalue weighted by Gasteiger charge is 2.21. The van der Waals surface area contributed by atoms with Crippen LogP contribution in [-0.4, -0.2) is 81.7 Å². The van der Waals surface area contributed by atoms with Crippen LogP contribution < -0.4 is 9.47 Å². The first kappa shape index (κ1) is 26.3. The number of methoxy groups -OCH3 is 2. The fourth-order valence-corrected chi connectivity index (χ4v) is 3.68. The third-order valence-corrected chi connectivity index (χ3v) is 5.52. The molecule has 1 amide bonds. The van der Waals surface area contributed by atoms with E-state index in [2.05, 4.69) is 0 Å². The smallest absolute Gasteiger partial charge is 0.252 e. The van der Waals surface area contributed by atoms with Crippen molar-refractivity contribution in [3.63, 3.8) is 0 Å². The minimum Gasteiger partial charge on any atom is -0.464 e. The van der Waals surface area contributed by atoms with Crippen LogP contribution >= 0.6 is 24.0 Å². The SMILES string of the molecule is COCCOCOc1ccc(/C=C/C=C/C(=O)N2CCSC2=S)cc1OCOCCOC. The average Bonchev–Trinajstić information content (AvgIpc) is 3.23. The van der Waals surface area contributed by atoms with Crippen molar-refractivity contribution in [1.82, 2.24) is 4.90 Å². The first-order chi connectivity index (χ1) is 15.7. The number of carbonyl (C=O) groups is 1. The first-order valence-electron chi connectivity index (χ1n) is 10.0. The van der Waals surface area contributed by atoms with Crippen molar-refractivity contribution < 1.29 is 33.2 Å². The quantitative estimate of drug-likeness (QED) is 0.123. The Morgan fingerprint density at radius 1 is 1.03 bits per heavy atom. The Labute approximate surface area is 198 Å². The number of thioether (sulfide) groups is 1. The molecule has 1 fully saturated rings. The molecule has 1 heterocycles. The van der Waals surface area contributed by atoms with E-state index >= 15 is 0 Å². The lowest BCUT2D eigenvalue weighted by Crippen LogP contribution is -2.28. The number of thiocarbonyl (C=S) groups is 1. The summed E-state index contributed by atoms with van der Waals surface area (Å²) in [5.41, 5.74) is 0.869. The summed E-state index contributed by atoms with van der Waals surface area (Å²) in [6.07, 6.45) is 6.84. The molecule has 0 radical (unpaired) electrons. The molecule has 0 saturated carbocycles. The van der Waals surface area contributed by atoms with Crippen LogP contribution in [-0.2, 0) is 23.7 Å². The Kier molecular flexibility index (Phi) is 13.0. The van der Waals surface area contributed by atoms with Gasteiger partial charge in [-0.25, -0.2) is 0 Å². The number of allylic oxidation sites excluding steroid dienone is 2. The lowest BCUT2D eigenvalue weighted by molar-refractivity contribution is -0.121. The maximum atomic E-state index is 12.2. The Morgan fingerprint density at radius 3 is 2.34 bits per heavy atom. The van der Waals surface area contributed by atoms with Crippen LogP contribution in [0.2, 0.25) is 0 Å². The number of ether oxygens (including phenoxy) is 6. The van der Waals surface area contributed by atoms with Crippen LogP contribution in [0.1, 0.15) is 5.56 Å². The van der Waals surface area contributed by atoms with Crippen LogP contribution in [0.4, 0.5) is 0 Å². The van der Waals surface area contributed by atoms with E-state index in [1.54, 1.807) is 37.3 Å². The third-order valence-electron chi connectivity index (χ3n) is 4.09. The summed E-state index contributed by atoms with van der Waals surface area (Å²) in [6, 6.07) is 5.49. The fourth-order valence-electron chi connectivity index (χ4n) is 2.46. The molecule has 0 N–H and O–H groups in total. The van der Waals surface area contributed by atoms with Gasteiger partial charge < -0.3 is 28.4 Å². The number of nitrogens with zero attached hydrogens (tertiary/aromatic N) is 1. The molecule has 176 valence electrons. The highest BCUT2D eigenvalue weighted by Crippen LogP contribution is 2.29. The number of hydrogen-bond donors (Lipinski definition) is 0. The molecule has 1 aliphatic heterocycles. The molecule has 2 rings (SSSR count). The van der Waals surface area contributed by atoms with Gasteiger partial charge in [0.05, 0.1) is 26.4 Å². The van der Waals surface area contributed by atoms with E-state index in [0.717, 1.165) is 11.3 Å². The first-order valence-corrected chi connectivity index (χ1v) is 11.4. The lowest BCUT2D eigenvalue weighted by atomic mass is 10.2. The molecule has 8 nitrogen and oxygen atoms in total. The molecule has 1 aliphatic rings. The van der Waals surface area contributed by atoms with Crippen molar-refractivity contribution in [2.75, 3.05) is 66.5 Å². The molecule has 1 aromatic rings. The van der Waals surface area contributed by atoms with Gasteiger partial charge >= 0.3 is 0 Å². The van der Waals surface area contributed by atoms with Crippen LogP contribution in [0.25, 0.3) is 6.08 Å². The molecule has 0 unspecified atom stereocenters. The van der Waals surface area contributed by atoms with Gasteiger partial charge in [0, 0.05) is 32.6 Å². The molecule has 1 aromatic carbocycles. The topological polar surface area (TPSA) is 75.7 Å². The van der Waals surface area contributed by atoms with Crippen LogP contribution in [0.3, 0.4) is 0 Å². The lowest BCUT2D eigenvalue weighted by Gasteiger charge is -2.14. The summed E-state index contributed by atoms with van der Waals surface area (Å²) in [6.45, 7) is 2.60. The average molecular weight is 484 g/mol. The standard InChI is InChI=1S/C22H29NO7S2/c1-25-10-12-27-16-29-19-8-7-18(15-20(19)30-17-28-13-11-26-2)5-3-4-6-21(24)23-9-14-32-22(23)31/h3-8,15H,9-14,16-17H2,1-2H3/b5-3+,6-4+. The minimum absolute atomic E-state index is 0.0551. The van der Waals surface area contributed by atoms with Gasteiger partial charge in [0.1, 0.15) is 4.32 Å². The Balaban J connectivity index is 1.95. The predicted molar refractivity (Wildman–Crippen MR) is 128 cm³/mol. The summed E-state index contributed by atoms with van der Waals surface area (Å²) in [4.78, 5) is 13.7. The Morgan fingerprint density at radius 2 is 1.72 bits per heavy atom. The van der Waals surface area contributed by atoms with Gasteiger partial charge in [-0.2, -0.15) is 0 Å². The van der Waals surface area contributed by atoms with E-state index in [-0.39, 0.29) is 19.5 Å². The van der Waals surface area contributed by atoms with Crippen LogP contribution in [0, 0.1) is 0 Å². The van der Waals surface area contributed by atoms with E-state index in [0.29, 0.717) is 48.8 Å². The number of carbonyl (C=O) groups excluding carboxylic acids is 1. The molecule has 0 aromatic heterocycles. The van der Waals surface area contributed by atoms with Crippen LogP contribution in [0.5, 0.6) is 11.5 Å². The second-order valence-corrected chi connectivity index (χ2v) is 8.08. The summed E-state index contributed by atoms with van der Waals surface area (Å²) < 4.78 is 32.6. The van der Waals surface area contributed by atoms with Gasteiger partial charge in [0.2, 0.25) is 0 Å². The van der Waals surface area contributed by atoms with Crippen LogP contribution in [0.15, 0.2) is 36.4 Å². The normalized spacial score (nSPS) is 14.1. The highest BCUT2D eigenvalue weighted by atomic mass is 32.2. The van der Waals surface area contributed by atoms with E-state index in [9.17, 15) is 4.79 Å². The monoisotopic (exact) mass is 483 g/mol. The number of rotatable bonds is 15. The Bertz CT molecular complexity index is 786. The van der Waals surface area contributed by atoms with Gasteiger partial charge in [0.15, 0.2) is 25.1 Å². The molecule has 1 saturated heterocycles. The third kappa shape index (κ3) is 9.68. The van der Waals surface area contributed by atoms with E-state index in [4.69, 9.17) is 40.6 Å². The van der Waals surface area contributed by atoms with Crippen molar-refractivity contribution in [3.8, 4) is 11.5 Å². The highest BCUT2D eigenvalue weighted by molar-refractivity contribution is 8.23. The maximum absolute atomic E-state index is 12.2. The second-order valence-electron chi connectivity index (χ2n) is 6.36. The summed E-state index contributed by atoms with van der Waals surface area (Å²) in [5, 5.41) is 0. The zero-order valence-electron chi connectivity index (χ0n) is 18.3.